The molecule has 1 aromatic rings. The van der Waals surface area contributed by atoms with Crippen LogP contribution in [-0.2, 0) is 0 Å². The van der Waals surface area contributed by atoms with E-state index in [9.17, 15) is 0 Å². The molecule has 17 heavy (non-hydrogen) atoms. The molecule has 2 fully saturated rings. The van der Waals surface area contributed by atoms with Gasteiger partial charge in [-0.15, -0.1) is 0 Å². The number of nitrogens with one attached hydrogen (secondary N) is 2. The molecule has 2 aliphatic heterocycles. The Morgan fingerprint density at radius 3 is 1.94 bits per heavy atom. The monoisotopic (exact) mass is 236 g/mol. The molecule has 2 unspecified atom stereocenters. The minimum atomic E-state index is 0.671. The van der Waals surface area contributed by atoms with E-state index in [-0.39, 0.29) is 0 Å². The first-order valence-corrected chi connectivity index (χ1v) is 6.00. The van der Waals surface area contributed by atoms with Crippen molar-refractivity contribution in [1.82, 2.24) is 10.6 Å². The number of ether oxygens (including phenoxy) is 2. The highest BCUT2D eigenvalue weighted by molar-refractivity contribution is 5.38. The maximum absolute atomic E-state index is 5.01. The van der Waals surface area contributed by atoms with E-state index in [1.807, 2.05) is 24.3 Å². The van der Waals surface area contributed by atoms with E-state index in [1.54, 1.807) is 14.2 Å². The smallest absolute Gasteiger partial charge is 0.160 e. The van der Waals surface area contributed by atoms with Gasteiger partial charge in [0, 0.05) is 12.6 Å². The number of para-hydroxylation sites is 2. The standard InChI is InChI=1S/C8H10O2.C5H10N2/c1-9-7-5-3-4-6-8(7)10-2;1-2-5-6-3-4(1)7-5/h3-6H,1-2H3;4-7H,1-3H2. The number of methoxy groups -OCH3 is 2. The number of rotatable bonds is 2. The minimum absolute atomic E-state index is 0.671. The SMILES string of the molecule is C1CC2NCC1N2.COc1ccccc1OC. The van der Waals surface area contributed by atoms with E-state index in [4.69, 9.17) is 9.47 Å². The lowest BCUT2D eigenvalue weighted by Gasteiger charge is -2.05. The van der Waals surface area contributed by atoms with E-state index in [1.165, 1.54) is 19.4 Å². The van der Waals surface area contributed by atoms with Crippen molar-refractivity contribution >= 4 is 0 Å². The second-order valence-corrected chi connectivity index (χ2v) is 4.26. The van der Waals surface area contributed by atoms with E-state index < -0.39 is 0 Å². The Morgan fingerprint density at radius 1 is 1.06 bits per heavy atom. The highest BCUT2D eigenvalue weighted by Gasteiger charge is 2.29. The minimum Gasteiger partial charge on any atom is -0.493 e. The molecule has 0 aromatic heterocycles. The average Bonchev–Trinajstić information content (AvgIpc) is 3.04. The molecule has 2 heterocycles. The summed E-state index contributed by atoms with van der Waals surface area (Å²) in [6.45, 7) is 1.20. The van der Waals surface area contributed by atoms with Gasteiger partial charge in [0.2, 0.25) is 0 Å². The second-order valence-electron chi connectivity index (χ2n) is 4.26. The molecule has 3 rings (SSSR count). The summed E-state index contributed by atoms with van der Waals surface area (Å²) in [4.78, 5) is 0. The lowest BCUT2D eigenvalue weighted by atomic mass is 10.2. The summed E-state index contributed by atoms with van der Waals surface area (Å²) >= 11 is 0. The van der Waals surface area contributed by atoms with Crippen LogP contribution in [0.3, 0.4) is 0 Å². The maximum atomic E-state index is 5.01. The predicted octanol–water partition coefficient (Wildman–Crippen LogP) is 1.37. The van der Waals surface area contributed by atoms with Crippen LogP contribution in [0.4, 0.5) is 0 Å². The van der Waals surface area contributed by atoms with Crippen molar-refractivity contribution in [1.29, 1.82) is 0 Å². The molecule has 4 heteroatoms. The fourth-order valence-corrected chi connectivity index (χ4v) is 2.21. The normalized spacial score (nSPS) is 25.1. The summed E-state index contributed by atoms with van der Waals surface area (Å²) in [7, 11) is 3.25. The highest BCUT2D eigenvalue weighted by atomic mass is 16.5. The molecule has 0 spiro atoms. The van der Waals surface area contributed by atoms with Gasteiger partial charge < -0.3 is 14.8 Å². The Hall–Kier alpha value is -1.26. The van der Waals surface area contributed by atoms with Crippen molar-refractivity contribution in [2.75, 3.05) is 20.8 Å². The molecule has 2 aliphatic rings. The van der Waals surface area contributed by atoms with E-state index >= 15 is 0 Å². The molecule has 0 aliphatic carbocycles. The third-order valence-electron chi connectivity index (χ3n) is 3.14. The van der Waals surface area contributed by atoms with Gasteiger partial charge in [-0.05, 0) is 25.0 Å². The van der Waals surface area contributed by atoms with Crippen LogP contribution in [-0.4, -0.2) is 33.0 Å². The van der Waals surface area contributed by atoms with E-state index in [2.05, 4.69) is 10.6 Å². The molecule has 2 bridgehead atoms. The molecule has 0 saturated carbocycles. The van der Waals surface area contributed by atoms with Crippen molar-refractivity contribution in [3.63, 3.8) is 0 Å². The summed E-state index contributed by atoms with van der Waals surface area (Å²) in [5.41, 5.74) is 0. The predicted molar refractivity (Wildman–Crippen MR) is 67.5 cm³/mol. The van der Waals surface area contributed by atoms with Gasteiger partial charge >= 0.3 is 0 Å². The van der Waals surface area contributed by atoms with Crippen molar-refractivity contribution in [2.24, 2.45) is 0 Å². The Kier molecular flexibility index (Phi) is 4.23. The fraction of sp³-hybridized carbons (Fsp3) is 0.538. The topological polar surface area (TPSA) is 42.5 Å². The number of piperidine rings is 1. The molecule has 0 radical (unpaired) electrons. The quantitative estimate of drug-likeness (QED) is 0.814. The van der Waals surface area contributed by atoms with E-state index in [0.29, 0.717) is 6.17 Å². The first-order chi connectivity index (χ1) is 8.33. The third-order valence-corrected chi connectivity index (χ3v) is 3.14. The van der Waals surface area contributed by atoms with Crippen LogP contribution in [0.25, 0.3) is 0 Å². The lowest BCUT2D eigenvalue weighted by molar-refractivity contribution is 0.355. The zero-order chi connectivity index (χ0) is 12.1. The van der Waals surface area contributed by atoms with Gasteiger partial charge in [-0.3, -0.25) is 5.32 Å². The Labute approximate surface area is 102 Å². The van der Waals surface area contributed by atoms with Crippen LogP contribution in [0.1, 0.15) is 12.8 Å². The zero-order valence-electron chi connectivity index (χ0n) is 10.4. The van der Waals surface area contributed by atoms with E-state index in [0.717, 1.165) is 17.5 Å². The van der Waals surface area contributed by atoms with Gasteiger partial charge in [-0.2, -0.15) is 0 Å². The Bertz CT molecular complexity index is 316. The summed E-state index contributed by atoms with van der Waals surface area (Å²) < 4.78 is 10.0. The molecule has 0 amide bonds. The molecule has 4 nitrogen and oxygen atoms in total. The van der Waals surface area contributed by atoms with Gasteiger partial charge in [-0.25, -0.2) is 0 Å². The van der Waals surface area contributed by atoms with Gasteiger partial charge in [0.15, 0.2) is 11.5 Å². The van der Waals surface area contributed by atoms with Crippen LogP contribution < -0.4 is 20.1 Å². The van der Waals surface area contributed by atoms with Crippen molar-refractivity contribution < 1.29 is 9.47 Å². The van der Waals surface area contributed by atoms with Crippen molar-refractivity contribution in [3.05, 3.63) is 24.3 Å². The molecule has 2 N–H and O–H groups in total. The first-order valence-electron chi connectivity index (χ1n) is 6.00. The largest absolute Gasteiger partial charge is 0.493 e. The molecular weight excluding hydrogens is 216 g/mol. The van der Waals surface area contributed by atoms with Crippen LogP contribution in [0.5, 0.6) is 11.5 Å². The maximum Gasteiger partial charge on any atom is 0.160 e. The second kappa shape index (κ2) is 5.89. The molecular formula is C13H20N2O2. The molecule has 2 saturated heterocycles. The molecule has 2 atom stereocenters. The molecule has 94 valence electrons. The number of hydrogen-bond donors (Lipinski definition) is 2. The van der Waals surface area contributed by atoms with Crippen LogP contribution in [0, 0.1) is 0 Å². The highest BCUT2D eigenvalue weighted by Crippen LogP contribution is 2.24. The number of fused-ring (bicyclic) bond motifs is 2. The van der Waals surface area contributed by atoms with Crippen molar-refractivity contribution in [2.45, 2.75) is 25.0 Å². The zero-order valence-corrected chi connectivity index (χ0v) is 10.4. The molecule has 1 aromatic carbocycles. The summed E-state index contributed by atoms with van der Waals surface area (Å²) in [5, 5.41) is 6.76. The van der Waals surface area contributed by atoms with Gasteiger partial charge in [0.25, 0.3) is 0 Å². The van der Waals surface area contributed by atoms with Crippen LogP contribution in [0.2, 0.25) is 0 Å². The van der Waals surface area contributed by atoms with Gasteiger partial charge in [-0.1, -0.05) is 12.1 Å². The Balaban J connectivity index is 0.000000134. The van der Waals surface area contributed by atoms with Crippen molar-refractivity contribution in [3.8, 4) is 11.5 Å². The first kappa shape index (κ1) is 12.2. The summed E-state index contributed by atoms with van der Waals surface area (Å²) in [5.74, 6) is 1.54. The van der Waals surface area contributed by atoms with Gasteiger partial charge in [0.1, 0.15) is 0 Å². The lowest BCUT2D eigenvalue weighted by Crippen LogP contribution is -2.27. The Morgan fingerprint density at radius 2 is 1.71 bits per heavy atom. The fourth-order valence-electron chi connectivity index (χ4n) is 2.21. The number of benzene rings is 1. The third kappa shape index (κ3) is 3.11. The van der Waals surface area contributed by atoms with Gasteiger partial charge in [0.05, 0.1) is 20.4 Å². The number of hydrogen-bond acceptors (Lipinski definition) is 4. The van der Waals surface area contributed by atoms with Crippen LogP contribution >= 0.6 is 0 Å². The summed E-state index contributed by atoms with van der Waals surface area (Å²) in [6, 6.07) is 8.34. The average molecular weight is 236 g/mol. The summed E-state index contributed by atoms with van der Waals surface area (Å²) in [6.07, 6.45) is 3.40. The van der Waals surface area contributed by atoms with Crippen LogP contribution in [0.15, 0.2) is 24.3 Å².